The van der Waals surface area contributed by atoms with Gasteiger partial charge in [0.05, 0.1) is 11.4 Å². The van der Waals surface area contributed by atoms with Gasteiger partial charge in [0.15, 0.2) is 5.69 Å². The zero-order valence-electron chi connectivity index (χ0n) is 11.8. The number of benzene rings is 1. The van der Waals surface area contributed by atoms with Gasteiger partial charge in [-0.2, -0.15) is 5.10 Å². The number of para-hydroxylation sites is 1. The van der Waals surface area contributed by atoms with Crippen LogP contribution in [0.4, 0.5) is 5.69 Å². The van der Waals surface area contributed by atoms with Crippen LogP contribution in [0.1, 0.15) is 27.3 Å². The number of nitrogens with zero attached hydrogens (tertiary/aromatic N) is 1. The van der Waals surface area contributed by atoms with Crippen molar-refractivity contribution in [2.24, 2.45) is 0 Å². The van der Waals surface area contributed by atoms with Crippen molar-refractivity contribution in [2.75, 3.05) is 4.72 Å². The molecule has 0 radical (unpaired) electrons. The first-order valence-corrected chi connectivity index (χ1v) is 7.59. The van der Waals surface area contributed by atoms with Gasteiger partial charge in [0.25, 0.3) is 10.0 Å². The maximum absolute atomic E-state index is 12.5. The smallest absolute Gasteiger partial charge is 0.357 e. The van der Waals surface area contributed by atoms with Crippen LogP contribution in [0.5, 0.6) is 0 Å². The molecule has 3 N–H and O–H groups in total. The lowest BCUT2D eigenvalue weighted by Crippen LogP contribution is -2.18. The van der Waals surface area contributed by atoms with E-state index >= 15 is 0 Å². The molecule has 7 nitrogen and oxygen atoms in total. The number of carboxylic acid groups (broad SMARTS) is 1. The van der Waals surface area contributed by atoms with Crippen molar-refractivity contribution < 1.29 is 18.3 Å². The zero-order valence-corrected chi connectivity index (χ0v) is 12.6. The van der Waals surface area contributed by atoms with E-state index in [1.54, 1.807) is 26.0 Å². The molecule has 0 aliphatic heterocycles. The average Bonchev–Trinajstić information content (AvgIpc) is 2.77. The van der Waals surface area contributed by atoms with E-state index in [0.717, 1.165) is 11.1 Å². The first-order valence-electron chi connectivity index (χ1n) is 6.11. The maximum Gasteiger partial charge on any atom is 0.357 e. The zero-order chi connectivity index (χ0) is 15.8. The third kappa shape index (κ3) is 2.75. The van der Waals surface area contributed by atoms with Crippen LogP contribution < -0.4 is 4.72 Å². The highest BCUT2D eigenvalue weighted by Crippen LogP contribution is 2.25. The molecule has 0 fully saturated rings. The number of carbonyl (C=O) groups is 1. The van der Waals surface area contributed by atoms with E-state index in [1.165, 1.54) is 6.92 Å². The number of hydrogen-bond donors (Lipinski definition) is 3. The largest absolute Gasteiger partial charge is 0.476 e. The summed E-state index contributed by atoms with van der Waals surface area (Å²) in [4.78, 5) is 10.7. The number of aromatic nitrogens is 2. The number of aromatic carboxylic acids is 1. The highest BCUT2D eigenvalue weighted by molar-refractivity contribution is 7.92. The number of aryl methyl sites for hydroxylation is 3. The van der Waals surface area contributed by atoms with E-state index in [4.69, 9.17) is 5.11 Å². The average molecular weight is 309 g/mol. The molecule has 2 aromatic rings. The second kappa shape index (κ2) is 5.21. The Labute approximate surface area is 122 Å². The fourth-order valence-electron chi connectivity index (χ4n) is 2.05. The van der Waals surface area contributed by atoms with Crippen LogP contribution in [0.25, 0.3) is 0 Å². The van der Waals surface area contributed by atoms with Gasteiger partial charge in [0.2, 0.25) is 0 Å². The molecule has 0 amide bonds. The summed E-state index contributed by atoms with van der Waals surface area (Å²) < 4.78 is 27.4. The molecule has 112 valence electrons. The summed E-state index contributed by atoms with van der Waals surface area (Å²) in [7, 11) is -4.05. The number of H-pyrrole nitrogens is 1. The molecule has 0 aliphatic rings. The van der Waals surface area contributed by atoms with Crippen LogP contribution in [-0.2, 0) is 10.0 Å². The third-order valence-electron chi connectivity index (χ3n) is 3.08. The topological polar surface area (TPSA) is 112 Å². The minimum Gasteiger partial charge on any atom is -0.476 e. The number of carboxylic acids is 1. The lowest BCUT2D eigenvalue weighted by atomic mass is 10.1. The summed E-state index contributed by atoms with van der Waals surface area (Å²) in [6.07, 6.45) is 0. The highest BCUT2D eigenvalue weighted by Gasteiger charge is 2.28. The summed E-state index contributed by atoms with van der Waals surface area (Å²) >= 11 is 0. The molecule has 8 heteroatoms. The first-order chi connectivity index (χ1) is 9.74. The van der Waals surface area contributed by atoms with Crippen molar-refractivity contribution in [1.82, 2.24) is 10.2 Å². The normalized spacial score (nSPS) is 11.4. The quantitative estimate of drug-likeness (QED) is 0.797. The summed E-state index contributed by atoms with van der Waals surface area (Å²) in [6, 6.07) is 5.35. The monoisotopic (exact) mass is 309 g/mol. The minimum absolute atomic E-state index is 0.172. The maximum atomic E-state index is 12.5. The molecule has 0 spiro atoms. The van der Waals surface area contributed by atoms with Gasteiger partial charge >= 0.3 is 5.97 Å². The summed E-state index contributed by atoms with van der Waals surface area (Å²) in [6.45, 7) is 5.00. The molecule has 0 bridgehead atoms. The van der Waals surface area contributed by atoms with Crippen molar-refractivity contribution in [3.8, 4) is 0 Å². The predicted octanol–water partition coefficient (Wildman–Crippen LogP) is 1.83. The highest BCUT2D eigenvalue weighted by atomic mass is 32.2. The van der Waals surface area contributed by atoms with Crippen molar-refractivity contribution in [3.63, 3.8) is 0 Å². The molecule has 0 saturated carbocycles. The van der Waals surface area contributed by atoms with Gasteiger partial charge in [-0.3, -0.25) is 9.82 Å². The summed E-state index contributed by atoms with van der Waals surface area (Å²) in [5.74, 6) is -1.40. The Kier molecular flexibility index (Phi) is 3.73. The van der Waals surface area contributed by atoms with Crippen LogP contribution in [0.3, 0.4) is 0 Å². The van der Waals surface area contributed by atoms with Crippen LogP contribution in [-0.4, -0.2) is 29.7 Å². The molecule has 0 aliphatic carbocycles. The lowest BCUT2D eigenvalue weighted by Gasteiger charge is -2.13. The van der Waals surface area contributed by atoms with Crippen LogP contribution in [0.15, 0.2) is 23.1 Å². The SMILES string of the molecule is Cc1cccc(C)c1NS(=O)(=O)c1c(C(=O)O)n[nH]c1C. The Morgan fingerprint density at radius 3 is 2.33 bits per heavy atom. The molecule has 0 unspecified atom stereocenters. The standard InChI is InChI=1S/C13H15N3O4S/c1-7-5-4-6-8(2)10(7)16-21(19,20)12-9(3)14-15-11(12)13(17)18/h4-6,16H,1-3H3,(H,14,15)(H,17,18). The van der Waals surface area contributed by atoms with Gasteiger partial charge in [-0.15, -0.1) is 0 Å². The number of nitrogens with one attached hydrogen (secondary N) is 2. The van der Waals surface area contributed by atoms with E-state index < -0.39 is 21.7 Å². The van der Waals surface area contributed by atoms with Crippen molar-refractivity contribution in [3.05, 3.63) is 40.7 Å². The third-order valence-corrected chi connectivity index (χ3v) is 4.59. The predicted molar refractivity (Wildman–Crippen MR) is 77.0 cm³/mol. The molecule has 1 aromatic heterocycles. The van der Waals surface area contributed by atoms with Crippen molar-refractivity contribution in [2.45, 2.75) is 25.7 Å². The number of sulfonamides is 1. The number of rotatable bonds is 4. The van der Waals surface area contributed by atoms with Crippen molar-refractivity contribution in [1.29, 1.82) is 0 Å². The van der Waals surface area contributed by atoms with Crippen LogP contribution in [0.2, 0.25) is 0 Å². The van der Waals surface area contributed by atoms with E-state index in [-0.39, 0.29) is 10.6 Å². The summed E-state index contributed by atoms with van der Waals surface area (Å²) in [5.41, 5.74) is 1.58. The molecular formula is C13H15N3O4S. The number of anilines is 1. The van der Waals surface area contributed by atoms with Gasteiger partial charge in [-0.05, 0) is 31.9 Å². The Morgan fingerprint density at radius 1 is 1.24 bits per heavy atom. The fourth-order valence-corrected chi connectivity index (χ4v) is 3.58. The van der Waals surface area contributed by atoms with Crippen LogP contribution in [0, 0.1) is 20.8 Å². The molecular weight excluding hydrogens is 294 g/mol. The van der Waals surface area contributed by atoms with Gasteiger partial charge in [-0.1, -0.05) is 18.2 Å². The Bertz CT molecular complexity index is 789. The summed E-state index contributed by atoms with van der Waals surface area (Å²) in [5, 5.41) is 15.0. The fraction of sp³-hybridized carbons (Fsp3) is 0.231. The second-order valence-electron chi connectivity index (χ2n) is 4.70. The van der Waals surface area contributed by atoms with E-state index in [1.807, 2.05) is 6.07 Å². The Hall–Kier alpha value is -2.35. The van der Waals surface area contributed by atoms with E-state index in [0.29, 0.717) is 5.69 Å². The van der Waals surface area contributed by atoms with Gasteiger partial charge in [0.1, 0.15) is 4.90 Å². The molecule has 2 rings (SSSR count). The molecule has 1 heterocycles. The molecule has 21 heavy (non-hydrogen) atoms. The van der Waals surface area contributed by atoms with E-state index in [9.17, 15) is 13.2 Å². The first kappa shape index (κ1) is 15.0. The van der Waals surface area contributed by atoms with Crippen molar-refractivity contribution >= 4 is 21.7 Å². The number of aromatic amines is 1. The molecule has 0 atom stereocenters. The molecule has 1 aromatic carbocycles. The van der Waals surface area contributed by atoms with Gasteiger partial charge < -0.3 is 5.11 Å². The van der Waals surface area contributed by atoms with E-state index in [2.05, 4.69) is 14.9 Å². The second-order valence-corrected chi connectivity index (χ2v) is 6.32. The number of hydrogen-bond acceptors (Lipinski definition) is 4. The molecule has 0 saturated heterocycles. The van der Waals surface area contributed by atoms with Crippen LogP contribution >= 0.6 is 0 Å². The Balaban J connectivity index is 2.54. The lowest BCUT2D eigenvalue weighted by molar-refractivity contribution is 0.0686. The minimum atomic E-state index is -4.05. The van der Waals surface area contributed by atoms with Gasteiger partial charge in [-0.25, -0.2) is 13.2 Å². The van der Waals surface area contributed by atoms with Gasteiger partial charge in [0, 0.05) is 0 Å². The Morgan fingerprint density at radius 2 is 1.81 bits per heavy atom.